The number of benzene rings is 1. The summed E-state index contributed by atoms with van der Waals surface area (Å²) in [6.45, 7) is 0.709. The van der Waals surface area contributed by atoms with Crippen LogP contribution in [0.15, 0.2) is 28.6 Å². The molecule has 5 nitrogen and oxygen atoms in total. The van der Waals surface area contributed by atoms with Gasteiger partial charge in [-0.05, 0) is 24.1 Å². The Labute approximate surface area is 181 Å². The Balaban J connectivity index is 0.00000364. The van der Waals surface area contributed by atoms with Crippen molar-refractivity contribution in [3.8, 4) is 5.75 Å². The van der Waals surface area contributed by atoms with Gasteiger partial charge in [0.15, 0.2) is 11.7 Å². The number of guanidine groups is 1. The van der Waals surface area contributed by atoms with Gasteiger partial charge in [0.2, 0.25) is 0 Å². The average molecular weight is 535 g/mol. The van der Waals surface area contributed by atoms with E-state index in [9.17, 15) is 13.2 Å². The summed E-state index contributed by atoms with van der Waals surface area (Å²) >= 11 is 7.13. The maximum absolute atomic E-state index is 12.5. The highest BCUT2D eigenvalue weighted by Crippen LogP contribution is 2.29. The van der Waals surface area contributed by atoms with Crippen LogP contribution in [0.2, 0.25) is 5.02 Å². The van der Waals surface area contributed by atoms with Crippen molar-refractivity contribution in [2.45, 2.75) is 19.1 Å². The van der Waals surface area contributed by atoms with Crippen molar-refractivity contribution in [2.24, 2.45) is 4.99 Å². The zero-order valence-corrected chi connectivity index (χ0v) is 18.5. The van der Waals surface area contributed by atoms with Gasteiger partial charge in [-0.1, -0.05) is 17.7 Å². The van der Waals surface area contributed by atoms with Crippen molar-refractivity contribution in [1.29, 1.82) is 0 Å². The van der Waals surface area contributed by atoms with Gasteiger partial charge in [0.05, 0.1) is 13.7 Å². The Bertz CT molecular complexity index is 770. The van der Waals surface area contributed by atoms with E-state index in [0.717, 1.165) is 22.3 Å². The van der Waals surface area contributed by atoms with Crippen LogP contribution >= 0.6 is 46.9 Å². The molecule has 11 heteroatoms. The topological polar surface area (TPSA) is 58.5 Å². The third-order valence-electron chi connectivity index (χ3n) is 3.42. The van der Waals surface area contributed by atoms with E-state index in [1.807, 2.05) is 12.1 Å². The number of hydrogen-bond donors (Lipinski definition) is 2. The molecule has 0 spiro atoms. The lowest BCUT2D eigenvalue weighted by Crippen LogP contribution is -2.37. The second-order valence-electron chi connectivity index (χ2n) is 5.18. The van der Waals surface area contributed by atoms with Gasteiger partial charge in [-0.3, -0.25) is 4.99 Å². The Kier molecular flexibility index (Phi) is 9.60. The summed E-state index contributed by atoms with van der Waals surface area (Å²) in [6, 6.07) is 5.45. The van der Waals surface area contributed by atoms with Gasteiger partial charge in [-0.2, -0.15) is 13.2 Å². The minimum absolute atomic E-state index is 0. The molecule has 0 atom stereocenters. The van der Waals surface area contributed by atoms with Gasteiger partial charge in [0.25, 0.3) is 0 Å². The van der Waals surface area contributed by atoms with Gasteiger partial charge in [-0.25, -0.2) is 4.98 Å². The minimum Gasteiger partial charge on any atom is -0.497 e. The van der Waals surface area contributed by atoms with Gasteiger partial charge in [0, 0.05) is 24.0 Å². The minimum atomic E-state index is -4.42. The highest BCUT2D eigenvalue weighted by atomic mass is 127. The molecule has 0 amide bonds. The molecule has 0 aliphatic carbocycles. The number of hydrogen-bond acceptors (Lipinski definition) is 4. The van der Waals surface area contributed by atoms with E-state index in [0.29, 0.717) is 34.7 Å². The number of ether oxygens (including phenoxy) is 1. The lowest BCUT2D eigenvalue weighted by atomic mass is 10.1. The molecule has 0 aliphatic heterocycles. The summed E-state index contributed by atoms with van der Waals surface area (Å²) in [7, 11) is 3.15. The first-order chi connectivity index (χ1) is 12.3. The fourth-order valence-electron chi connectivity index (χ4n) is 2.08. The molecule has 0 unspecified atom stereocenters. The van der Waals surface area contributed by atoms with E-state index in [1.165, 1.54) is 0 Å². The molecule has 0 radical (unpaired) electrons. The van der Waals surface area contributed by atoms with Crippen molar-refractivity contribution in [3.05, 3.63) is 44.9 Å². The van der Waals surface area contributed by atoms with Crippen LogP contribution in [0.5, 0.6) is 5.75 Å². The van der Waals surface area contributed by atoms with Crippen LogP contribution in [0.3, 0.4) is 0 Å². The maximum Gasteiger partial charge on any atom is 0.434 e. The number of methoxy groups -OCH3 is 1. The highest BCUT2D eigenvalue weighted by molar-refractivity contribution is 14.0. The van der Waals surface area contributed by atoms with Crippen molar-refractivity contribution in [2.75, 3.05) is 20.7 Å². The molecule has 0 saturated heterocycles. The molecule has 2 rings (SSSR count). The number of aliphatic imine (C=N–C) groups is 1. The standard InChI is InChI=1S/C16H18ClF3N4OS.HI/c1-21-15(23-8-14-24-13(9-26-14)16(18,19)20)22-6-5-10-3-4-11(25-2)7-12(10)17;/h3-4,7,9H,5-6,8H2,1-2H3,(H2,21,22,23);1H. The fraction of sp³-hybridized carbons (Fsp3) is 0.375. The van der Waals surface area contributed by atoms with Gasteiger partial charge in [-0.15, -0.1) is 35.3 Å². The molecule has 2 N–H and O–H groups in total. The zero-order chi connectivity index (χ0) is 19.2. The first-order valence-corrected chi connectivity index (χ1v) is 8.87. The number of halogens is 5. The number of alkyl halides is 3. The van der Waals surface area contributed by atoms with E-state index in [1.54, 1.807) is 20.2 Å². The summed E-state index contributed by atoms with van der Waals surface area (Å²) in [5.41, 5.74) is 0.0709. The van der Waals surface area contributed by atoms with Crippen molar-refractivity contribution in [3.63, 3.8) is 0 Å². The van der Waals surface area contributed by atoms with E-state index in [2.05, 4.69) is 20.6 Å². The van der Waals surface area contributed by atoms with Crippen LogP contribution in [-0.4, -0.2) is 31.6 Å². The number of nitrogens with zero attached hydrogens (tertiary/aromatic N) is 2. The first kappa shape index (κ1) is 23.8. The van der Waals surface area contributed by atoms with Crippen molar-refractivity contribution in [1.82, 2.24) is 15.6 Å². The summed E-state index contributed by atoms with van der Waals surface area (Å²) in [4.78, 5) is 7.60. The Morgan fingerprint density at radius 1 is 1.33 bits per heavy atom. The van der Waals surface area contributed by atoms with E-state index < -0.39 is 11.9 Å². The van der Waals surface area contributed by atoms with Gasteiger partial charge in [0.1, 0.15) is 10.8 Å². The van der Waals surface area contributed by atoms with Gasteiger partial charge < -0.3 is 15.4 Å². The molecule has 1 heterocycles. The third kappa shape index (κ3) is 7.34. The molecule has 0 aliphatic rings. The van der Waals surface area contributed by atoms with Crippen LogP contribution in [0.1, 0.15) is 16.3 Å². The average Bonchev–Trinajstić information content (AvgIpc) is 3.08. The summed E-state index contributed by atoms with van der Waals surface area (Å²) in [6.07, 6.45) is -3.77. The summed E-state index contributed by atoms with van der Waals surface area (Å²) < 4.78 is 42.7. The second-order valence-corrected chi connectivity index (χ2v) is 6.53. The number of nitrogens with one attached hydrogen (secondary N) is 2. The van der Waals surface area contributed by atoms with Crippen molar-refractivity contribution >= 4 is 52.9 Å². The Morgan fingerprint density at radius 3 is 2.63 bits per heavy atom. The van der Waals surface area contributed by atoms with E-state index in [4.69, 9.17) is 16.3 Å². The van der Waals surface area contributed by atoms with Crippen LogP contribution < -0.4 is 15.4 Å². The zero-order valence-electron chi connectivity index (χ0n) is 14.6. The molecule has 150 valence electrons. The van der Waals surface area contributed by atoms with Gasteiger partial charge >= 0.3 is 6.18 Å². The maximum atomic E-state index is 12.5. The second kappa shape index (κ2) is 10.9. The predicted molar refractivity (Wildman–Crippen MR) is 112 cm³/mol. The molecule has 2 aromatic rings. The molecule has 0 saturated carbocycles. The highest BCUT2D eigenvalue weighted by Gasteiger charge is 2.33. The number of thiazole rings is 1. The lowest BCUT2D eigenvalue weighted by Gasteiger charge is -2.12. The predicted octanol–water partition coefficient (Wildman–Crippen LogP) is 4.35. The largest absolute Gasteiger partial charge is 0.497 e. The summed E-state index contributed by atoms with van der Waals surface area (Å²) in [5.74, 6) is 1.16. The van der Waals surface area contributed by atoms with E-state index >= 15 is 0 Å². The fourth-order valence-corrected chi connectivity index (χ4v) is 3.08. The first-order valence-electron chi connectivity index (χ1n) is 7.62. The summed E-state index contributed by atoms with van der Waals surface area (Å²) in [5, 5.41) is 7.96. The van der Waals surface area contributed by atoms with Crippen molar-refractivity contribution < 1.29 is 17.9 Å². The van der Waals surface area contributed by atoms with Crippen LogP contribution in [-0.2, 0) is 19.1 Å². The third-order valence-corrected chi connectivity index (χ3v) is 4.62. The smallest absolute Gasteiger partial charge is 0.434 e. The molecular weight excluding hydrogens is 516 g/mol. The van der Waals surface area contributed by atoms with Crippen LogP contribution in [0.25, 0.3) is 0 Å². The van der Waals surface area contributed by atoms with Crippen LogP contribution in [0, 0.1) is 0 Å². The Morgan fingerprint density at radius 2 is 2.07 bits per heavy atom. The number of aromatic nitrogens is 1. The van der Waals surface area contributed by atoms with E-state index in [-0.39, 0.29) is 30.5 Å². The SMILES string of the molecule is CN=C(NCCc1ccc(OC)cc1Cl)NCc1nc(C(F)(F)F)cs1.I. The number of rotatable bonds is 6. The molecule has 0 bridgehead atoms. The molecule has 0 fully saturated rings. The molecule has 1 aromatic carbocycles. The lowest BCUT2D eigenvalue weighted by molar-refractivity contribution is -0.140. The normalized spacial score (nSPS) is 11.7. The molecule has 27 heavy (non-hydrogen) atoms. The molecular formula is C16H19ClF3IN4OS. The monoisotopic (exact) mass is 534 g/mol. The Hall–Kier alpha value is -1.27. The van der Waals surface area contributed by atoms with Crippen LogP contribution in [0.4, 0.5) is 13.2 Å². The quantitative estimate of drug-likeness (QED) is 0.329. The molecule has 1 aromatic heterocycles.